The average Bonchev–Trinajstić information content (AvgIpc) is 2.52. The van der Waals surface area contributed by atoms with Crippen LogP contribution >= 0.6 is 0 Å². The second-order valence-corrected chi connectivity index (χ2v) is 8.17. The molecule has 0 aliphatic carbocycles. The Kier molecular flexibility index (Phi) is 4.05. The quantitative estimate of drug-likeness (QED) is 0.914. The van der Waals surface area contributed by atoms with Gasteiger partial charge < -0.3 is 4.74 Å². The lowest BCUT2D eigenvalue weighted by molar-refractivity contribution is 0.149. The molecule has 2 aromatic rings. The van der Waals surface area contributed by atoms with E-state index in [1.807, 2.05) is 44.2 Å². The molecule has 0 radical (unpaired) electrons. The predicted octanol–water partition coefficient (Wildman–Crippen LogP) is 3.55. The lowest BCUT2D eigenvalue weighted by Gasteiger charge is -2.34. The molecule has 1 aliphatic heterocycles. The summed E-state index contributed by atoms with van der Waals surface area (Å²) in [6.45, 7) is 3.65. The highest BCUT2D eigenvalue weighted by Gasteiger charge is 2.36. The van der Waals surface area contributed by atoms with Crippen molar-refractivity contribution in [3.8, 4) is 11.8 Å². The van der Waals surface area contributed by atoms with E-state index in [-0.39, 0.29) is 0 Å². The Morgan fingerprint density at radius 2 is 1.80 bits per heavy atom. The second-order valence-electron chi connectivity index (χ2n) is 6.43. The maximum atomic E-state index is 11.5. The van der Waals surface area contributed by atoms with Gasteiger partial charge in [-0.25, -0.2) is 8.42 Å². The van der Waals surface area contributed by atoms with Crippen molar-refractivity contribution in [1.29, 1.82) is 5.26 Å². The molecule has 25 heavy (non-hydrogen) atoms. The molecule has 1 aliphatic rings. The van der Waals surface area contributed by atoms with Crippen molar-refractivity contribution in [3.05, 3.63) is 65.2 Å². The highest BCUT2D eigenvalue weighted by atomic mass is 32.2. The number of fused-ring (bicyclic) bond motifs is 1. The summed E-state index contributed by atoms with van der Waals surface area (Å²) in [6.07, 6.45) is 1.10. The zero-order chi connectivity index (χ0) is 18.2. The zero-order valence-electron chi connectivity index (χ0n) is 14.2. The number of nitrogens with one attached hydrogen (secondary N) is 1. The lowest BCUT2D eigenvalue weighted by atomic mass is 9.83. The summed E-state index contributed by atoms with van der Waals surface area (Å²) in [4.78, 5) is 0. The number of benzene rings is 2. The third-order valence-electron chi connectivity index (χ3n) is 3.95. The highest BCUT2D eigenvalue weighted by molar-refractivity contribution is 7.92. The fourth-order valence-corrected chi connectivity index (χ4v) is 3.50. The molecule has 6 heteroatoms. The smallest absolute Gasteiger partial charge is 0.229 e. The van der Waals surface area contributed by atoms with Crippen LogP contribution in [0, 0.1) is 11.3 Å². The van der Waals surface area contributed by atoms with Crippen LogP contribution < -0.4 is 9.46 Å². The Balaban J connectivity index is 2.23. The van der Waals surface area contributed by atoms with Gasteiger partial charge in [-0.15, -0.1) is 0 Å². The van der Waals surface area contributed by atoms with Gasteiger partial charge in [-0.3, -0.25) is 4.72 Å². The monoisotopic (exact) mass is 354 g/mol. The standard InChI is InChI=1S/C19H18N2O3S/c1-19(2)16(12-20)18(13-7-5-4-6-8-13)15-10-9-14(11-17(15)24-19)21-25(3,22)23/h4-11,21H,1-3H3. The molecule has 128 valence electrons. The first kappa shape index (κ1) is 17.1. The number of ether oxygens (including phenoxy) is 1. The topological polar surface area (TPSA) is 79.2 Å². The molecule has 0 fully saturated rings. The first-order valence-corrected chi connectivity index (χ1v) is 9.62. The maximum absolute atomic E-state index is 11.5. The van der Waals surface area contributed by atoms with E-state index in [2.05, 4.69) is 10.8 Å². The number of nitrogens with zero attached hydrogens (tertiary/aromatic N) is 1. The Morgan fingerprint density at radius 3 is 2.40 bits per heavy atom. The third kappa shape index (κ3) is 3.37. The van der Waals surface area contributed by atoms with Gasteiger partial charge >= 0.3 is 0 Å². The van der Waals surface area contributed by atoms with Gasteiger partial charge in [0.05, 0.1) is 23.6 Å². The van der Waals surface area contributed by atoms with Gasteiger partial charge in [0.2, 0.25) is 10.0 Å². The van der Waals surface area contributed by atoms with E-state index in [4.69, 9.17) is 4.74 Å². The zero-order valence-corrected chi connectivity index (χ0v) is 15.0. The van der Waals surface area contributed by atoms with Gasteiger partial charge in [0, 0.05) is 17.2 Å². The third-order valence-corrected chi connectivity index (χ3v) is 4.55. The molecule has 0 spiro atoms. The number of sulfonamides is 1. The van der Waals surface area contributed by atoms with Crippen LogP contribution in [0.15, 0.2) is 54.1 Å². The Labute approximate surface area is 147 Å². The van der Waals surface area contributed by atoms with Crippen molar-refractivity contribution in [2.24, 2.45) is 0 Å². The van der Waals surface area contributed by atoms with Crippen LogP contribution in [0.4, 0.5) is 5.69 Å². The summed E-state index contributed by atoms with van der Waals surface area (Å²) < 4.78 is 31.4. The summed E-state index contributed by atoms with van der Waals surface area (Å²) >= 11 is 0. The molecule has 0 aromatic heterocycles. The molecule has 0 atom stereocenters. The van der Waals surface area contributed by atoms with Crippen LogP contribution in [0.25, 0.3) is 5.57 Å². The van der Waals surface area contributed by atoms with Crippen LogP contribution in [0.1, 0.15) is 25.0 Å². The van der Waals surface area contributed by atoms with Gasteiger partial charge in [0.25, 0.3) is 0 Å². The van der Waals surface area contributed by atoms with E-state index in [9.17, 15) is 13.7 Å². The fourth-order valence-electron chi connectivity index (χ4n) is 2.95. The van der Waals surface area contributed by atoms with Gasteiger partial charge in [-0.2, -0.15) is 5.26 Å². The van der Waals surface area contributed by atoms with E-state index in [0.29, 0.717) is 17.0 Å². The maximum Gasteiger partial charge on any atom is 0.229 e. The van der Waals surface area contributed by atoms with Crippen LogP contribution in [0.3, 0.4) is 0 Å². The minimum Gasteiger partial charge on any atom is -0.482 e. The molecule has 0 amide bonds. The number of nitriles is 1. The summed E-state index contributed by atoms with van der Waals surface area (Å²) in [5.74, 6) is 0.538. The van der Waals surface area contributed by atoms with Crippen molar-refractivity contribution in [1.82, 2.24) is 0 Å². The Bertz CT molecular complexity index is 1000. The van der Waals surface area contributed by atoms with E-state index in [0.717, 1.165) is 23.0 Å². The molecule has 3 rings (SSSR count). The first-order chi connectivity index (χ1) is 11.7. The van der Waals surface area contributed by atoms with Crippen molar-refractivity contribution < 1.29 is 13.2 Å². The van der Waals surface area contributed by atoms with Crippen LogP contribution in [0.2, 0.25) is 0 Å². The van der Waals surface area contributed by atoms with Crippen molar-refractivity contribution in [3.63, 3.8) is 0 Å². The largest absolute Gasteiger partial charge is 0.482 e. The van der Waals surface area contributed by atoms with Crippen LogP contribution in [-0.2, 0) is 10.0 Å². The number of hydrogen-bond acceptors (Lipinski definition) is 4. The molecule has 1 heterocycles. The number of rotatable bonds is 3. The van der Waals surface area contributed by atoms with Gasteiger partial charge in [-0.1, -0.05) is 30.3 Å². The molecule has 1 N–H and O–H groups in total. The summed E-state index contributed by atoms with van der Waals surface area (Å²) in [5, 5.41) is 9.71. The minimum atomic E-state index is -3.38. The molecular weight excluding hydrogens is 336 g/mol. The predicted molar refractivity (Wildman–Crippen MR) is 97.7 cm³/mol. The molecule has 0 unspecified atom stereocenters. The highest BCUT2D eigenvalue weighted by Crippen LogP contribution is 2.44. The van der Waals surface area contributed by atoms with E-state index in [1.165, 1.54) is 0 Å². The Morgan fingerprint density at radius 1 is 1.12 bits per heavy atom. The van der Waals surface area contributed by atoms with Crippen LogP contribution in [-0.4, -0.2) is 20.3 Å². The summed E-state index contributed by atoms with van der Waals surface area (Å²) in [7, 11) is -3.38. The number of hydrogen-bond donors (Lipinski definition) is 1. The van der Waals surface area contributed by atoms with Gasteiger partial charge in [0.1, 0.15) is 11.4 Å². The lowest BCUT2D eigenvalue weighted by Crippen LogP contribution is -2.34. The minimum absolute atomic E-state index is 0.421. The Hall–Kier alpha value is -2.78. The first-order valence-electron chi connectivity index (χ1n) is 7.73. The van der Waals surface area contributed by atoms with Crippen molar-refractivity contribution in [2.75, 3.05) is 11.0 Å². The SMILES string of the molecule is CC1(C)Oc2cc(NS(C)(=O)=O)ccc2C(c2ccccc2)=C1C#N. The molecule has 2 aromatic carbocycles. The fraction of sp³-hybridized carbons (Fsp3) is 0.211. The molecule has 5 nitrogen and oxygen atoms in total. The molecule has 0 bridgehead atoms. The van der Waals surface area contributed by atoms with Gasteiger partial charge in [-0.05, 0) is 31.5 Å². The summed E-state index contributed by atoms with van der Waals surface area (Å²) in [5.41, 5.74) is 2.62. The van der Waals surface area contributed by atoms with E-state index in [1.54, 1.807) is 18.2 Å². The van der Waals surface area contributed by atoms with Gasteiger partial charge in [0.15, 0.2) is 0 Å². The van der Waals surface area contributed by atoms with Crippen molar-refractivity contribution in [2.45, 2.75) is 19.4 Å². The molecule has 0 saturated carbocycles. The van der Waals surface area contributed by atoms with E-state index >= 15 is 0 Å². The average molecular weight is 354 g/mol. The normalized spacial score (nSPS) is 15.8. The molecule has 0 saturated heterocycles. The summed E-state index contributed by atoms with van der Waals surface area (Å²) in [6, 6.07) is 17.0. The van der Waals surface area contributed by atoms with Crippen LogP contribution in [0.5, 0.6) is 5.75 Å². The van der Waals surface area contributed by atoms with E-state index < -0.39 is 15.6 Å². The van der Waals surface area contributed by atoms with Crippen molar-refractivity contribution >= 4 is 21.3 Å². The molecular formula is C19H18N2O3S. The second kappa shape index (κ2) is 5.94. The number of anilines is 1.